The third kappa shape index (κ3) is 13.6. The van der Waals surface area contributed by atoms with Gasteiger partial charge in [-0.1, -0.05) is 67.8 Å². The van der Waals surface area contributed by atoms with Crippen molar-refractivity contribution < 1.29 is 55.6 Å². The lowest BCUT2D eigenvalue weighted by Gasteiger charge is -2.42. The Morgan fingerprint density at radius 2 is 1.03 bits per heavy atom. The standard InChI is InChI=1S/C42H47F2N7O5.C38H40F2N6O3.CH4/c1-7-29-32(43)15-12-25-10-8-11-30(33(25)29)35-34(44)36-31(20-45-35)37(49-21-26-13-14-27(22-49)51(26)40(53)56-41(2,3)4)47-38(46-36)55-24-42-17-9-19-50(42)28(16-18-42)23-54-39(52)48(5)6;1-4-27-30(39)12-11-25-7-5-8-28(31(25)27)33-32(40)34-29(18-41-33)35(45-19-23-9-10-24(17-23)20-45)43-36(42-34)49-22-38-14-6-16-46(38)26(13-15-38)21-48-37(47)44(2)3;/h1,8,10-12,15,20,26-28H,9,13-14,16-19,21-24H2,2-6H3;1,5,7-8,11-12,18,23-24,26H,6,9-10,13-17,19-22H2,2-3H3;1H4/t26?,27?,28-,42?;23?,24?,26-,38?;/m11./s1. The summed E-state index contributed by atoms with van der Waals surface area (Å²) in [5.41, 5.74) is -0.218. The summed E-state index contributed by atoms with van der Waals surface area (Å²) in [6.45, 7) is 11.1. The van der Waals surface area contributed by atoms with Gasteiger partial charge in [0.15, 0.2) is 11.6 Å². The molecule has 1 aliphatic carbocycles. The van der Waals surface area contributed by atoms with Gasteiger partial charge in [0, 0.05) is 101 Å². The molecular weight excluding hydrogens is 1360 g/mol. The topological polar surface area (TPSA) is 197 Å². The Labute approximate surface area is 615 Å². The lowest BCUT2D eigenvalue weighted by molar-refractivity contribution is 0.0122. The average Bonchev–Trinajstić information content (AvgIpc) is 1.25. The molecule has 4 bridgehead atoms. The van der Waals surface area contributed by atoms with Crippen molar-refractivity contribution in [2.45, 2.75) is 153 Å². The molecule has 8 fully saturated rings. The number of carbonyl (C=O) groups excluding carboxylic acids is 3. The average molecular weight is 1450 g/mol. The molecule has 8 aliphatic rings. The first-order valence-corrected chi connectivity index (χ1v) is 36.6. The molecule has 6 unspecified atom stereocenters. The van der Waals surface area contributed by atoms with Gasteiger partial charge in [-0.2, -0.15) is 19.9 Å². The van der Waals surface area contributed by atoms with E-state index in [0.29, 0.717) is 93.2 Å². The number of piperazine rings is 1. The van der Waals surface area contributed by atoms with Crippen LogP contribution in [0.3, 0.4) is 0 Å². The molecule has 7 aliphatic heterocycles. The van der Waals surface area contributed by atoms with E-state index in [1.54, 1.807) is 83.0 Å². The second-order valence-corrected chi connectivity index (χ2v) is 31.0. The number of pyridine rings is 2. The predicted octanol–water partition coefficient (Wildman–Crippen LogP) is 13.8. The molecule has 7 saturated heterocycles. The van der Waals surface area contributed by atoms with Gasteiger partial charge in [-0.25, -0.2) is 31.9 Å². The summed E-state index contributed by atoms with van der Waals surface area (Å²) in [5, 5.41) is 3.06. The van der Waals surface area contributed by atoms with E-state index in [1.165, 1.54) is 41.2 Å². The molecule has 556 valence electrons. The van der Waals surface area contributed by atoms with Crippen molar-refractivity contribution in [1.29, 1.82) is 0 Å². The van der Waals surface area contributed by atoms with E-state index in [1.807, 2.05) is 31.7 Å². The number of amides is 3. The molecule has 3 amide bonds. The zero-order chi connectivity index (χ0) is 73.4. The van der Waals surface area contributed by atoms with E-state index in [-0.39, 0.29) is 120 Å². The van der Waals surface area contributed by atoms with Crippen molar-refractivity contribution in [3.8, 4) is 59.2 Å². The minimum Gasteiger partial charge on any atom is -0.461 e. The quantitative estimate of drug-likeness (QED) is 0.0565. The van der Waals surface area contributed by atoms with E-state index < -0.39 is 28.9 Å². The zero-order valence-electron chi connectivity index (χ0n) is 60.4. The summed E-state index contributed by atoms with van der Waals surface area (Å²) in [7, 11) is 6.67. The zero-order valence-corrected chi connectivity index (χ0v) is 60.4. The number of hydrogen-bond acceptors (Lipinski definition) is 18. The third-order valence-electron chi connectivity index (χ3n) is 22.9. The van der Waals surface area contributed by atoms with Crippen LogP contribution in [-0.4, -0.2) is 207 Å². The Kier molecular flexibility index (Phi) is 20.1. The predicted molar refractivity (Wildman–Crippen MR) is 398 cm³/mol. The SMILES string of the molecule is C.C#Cc1c(F)ccc2cccc(-c3ncc4c(N5CC6CCC(C5)N6C(=O)OC(C)(C)C)nc(OCC56CCCN5[C@@H](COC(=O)N(C)C)CC6)nc4c3F)c12.C#Cc1c(F)ccc2cccc(-c3ncc4c(N5CC6CCC(C6)C5)nc(OCC56CCCN5[C@@H](COC(=O)N(C)C)CC6)nc4c3F)c12. The normalized spacial score (nSPS) is 23.8. The lowest BCUT2D eigenvalue weighted by atomic mass is 9.95. The van der Waals surface area contributed by atoms with Crippen molar-refractivity contribution in [2.24, 2.45) is 11.8 Å². The van der Waals surface area contributed by atoms with Gasteiger partial charge in [-0.15, -0.1) is 12.8 Å². The van der Waals surface area contributed by atoms with E-state index in [4.69, 9.17) is 56.5 Å². The molecular formula is C81H91F4N13O8. The molecule has 1 saturated carbocycles. The lowest BCUT2D eigenvalue weighted by Crippen LogP contribution is -2.57. The van der Waals surface area contributed by atoms with Crippen molar-refractivity contribution in [3.05, 3.63) is 107 Å². The molecule has 16 rings (SSSR count). The molecule has 4 aromatic heterocycles. The molecule has 0 radical (unpaired) electrons. The van der Waals surface area contributed by atoms with Crippen molar-refractivity contribution in [1.82, 2.24) is 54.4 Å². The van der Waals surface area contributed by atoms with Gasteiger partial charge in [0.2, 0.25) is 0 Å². The molecule has 8 atom stereocenters. The number of anilines is 2. The Morgan fingerprint density at radius 1 is 0.585 bits per heavy atom. The number of rotatable bonds is 14. The summed E-state index contributed by atoms with van der Waals surface area (Å²) >= 11 is 0. The highest BCUT2D eigenvalue weighted by atomic mass is 19.1. The highest BCUT2D eigenvalue weighted by Crippen LogP contribution is 2.48. The molecule has 4 aromatic carbocycles. The minimum atomic E-state index is -0.713. The molecule has 106 heavy (non-hydrogen) atoms. The first-order valence-electron chi connectivity index (χ1n) is 36.6. The fourth-order valence-corrected chi connectivity index (χ4v) is 18.1. The smallest absolute Gasteiger partial charge is 0.410 e. The number of aromatic nitrogens is 6. The van der Waals surface area contributed by atoms with Gasteiger partial charge in [0.25, 0.3) is 0 Å². The van der Waals surface area contributed by atoms with Gasteiger partial charge in [-0.3, -0.25) is 24.7 Å². The van der Waals surface area contributed by atoms with E-state index in [2.05, 4.69) is 41.4 Å². The summed E-state index contributed by atoms with van der Waals surface area (Å²) in [5.74, 6) is 4.65. The summed E-state index contributed by atoms with van der Waals surface area (Å²) in [6, 6.07) is 16.4. The van der Waals surface area contributed by atoms with Crippen LogP contribution < -0.4 is 19.3 Å². The Bertz CT molecular complexity index is 4830. The summed E-state index contributed by atoms with van der Waals surface area (Å²) in [4.78, 5) is 79.9. The number of fused-ring (bicyclic) bond motifs is 10. The second kappa shape index (κ2) is 29.1. The maximum Gasteiger partial charge on any atom is 0.410 e. The van der Waals surface area contributed by atoms with Crippen LogP contribution in [0.1, 0.15) is 123 Å². The van der Waals surface area contributed by atoms with Crippen LogP contribution in [-0.2, 0) is 14.2 Å². The Hall–Kier alpha value is -9.85. The highest BCUT2D eigenvalue weighted by molar-refractivity contribution is 6.04. The molecule has 11 heterocycles. The van der Waals surface area contributed by atoms with Crippen molar-refractivity contribution >= 4 is 73.3 Å². The number of piperidine rings is 1. The molecule has 8 aromatic rings. The van der Waals surface area contributed by atoms with E-state index in [9.17, 15) is 23.2 Å². The largest absolute Gasteiger partial charge is 0.461 e. The number of terminal acetylenes is 2. The molecule has 21 nitrogen and oxygen atoms in total. The summed E-state index contributed by atoms with van der Waals surface area (Å²) in [6.07, 6.45) is 26.0. The number of benzene rings is 4. The van der Waals surface area contributed by atoms with Crippen LogP contribution in [0.2, 0.25) is 0 Å². The van der Waals surface area contributed by atoms with Crippen LogP contribution in [0.5, 0.6) is 12.0 Å². The van der Waals surface area contributed by atoms with Crippen LogP contribution in [0.4, 0.5) is 43.6 Å². The molecule has 0 spiro atoms. The Morgan fingerprint density at radius 3 is 1.45 bits per heavy atom. The van der Waals surface area contributed by atoms with Gasteiger partial charge in [-0.05, 0) is 152 Å². The number of hydrogen-bond donors (Lipinski definition) is 0. The fourth-order valence-electron chi connectivity index (χ4n) is 18.1. The summed E-state index contributed by atoms with van der Waals surface area (Å²) < 4.78 is 93.8. The first-order chi connectivity index (χ1) is 50.5. The van der Waals surface area contributed by atoms with Crippen LogP contribution in [0.15, 0.2) is 73.1 Å². The van der Waals surface area contributed by atoms with Crippen molar-refractivity contribution in [2.75, 3.05) is 104 Å². The number of ether oxygens (including phenoxy) is 5. The number of carbonyl (C=O) groups is 3. The van der Waals surface area contributed by atoms with Crippen LogP contribution in [0, 0.1) is 59.8 Å². The highest BCUT2D eigenvalue weighted by Gasteiger charge is 2.52. The van der Waals surface area contributed by atoms with Crippen LogP contribution >= 0.6 is 0 Å². The van der Waals surface area contributed by atoms with Crippen molar-refractivity contribution in [3.63, 3.8) is 0 Å². The van der Waals surface area contributed by atoms with Gasteiger partial charge >= 0.3 is 30.3 Å². The maximum atomic E-state index is 17.2. The maximum absolute atomic E-state index is 17.2. The van der Waals surface area contributed by atoms with Gasteiger partial charge < -0.3 is 43.3 Å². The Balaban J connectivity index is 0.000000178. The first kappa shape index (κ1) is 73.1. The van der Waals surface area contributed by atoms with Gasteiger partial charge in [0.05, 0.1) is 45.1 Å². The molecule has 0 N–H and O–H groups in total. The number of halogens is 4. The number of nitrogens with zero attached hydrogens (tertiary/aromatic N) is 13. The van der Waals surface area contributed by atoms with E-state index in [0.717, 1.165) is 90.4 Å². The third-order valence-corrected chi connectivity index (χ3v) is 22.9. The minimum absolute atomic E-state index is 0. The second-order valence-electron chi connectivity index (χ2n) is 31.0. The molecule has 25 heteroatoms. The monoisotopic (exact) mass is 1450 g/mol. The van der Waals surface area contributed by atoms with E-state index >= 15 is 8.78 Å². The fraction of sp³-hybridized carbons (Fsp3) is 0.494. The van der Waals surface area contributed by atoms with Gasteiger partial charge in [0.1, 0.15) is 77.7 Å². The van der Waals surface area contributed by atoms with Crippen LogP contribution in [0.25, 0.3) is 65.9 Å².